The number of rotatable bonds is 3. The molecule has 0 radical (unpaired) electrons. The third kappa shape index (κ3) is 8.77. The van der Waals surface area contributed by atoms with Gasteiger partial charge in [0.15, 0.2) is 0 Å². The van der Waals surface area contributed by atoms with E-state index < -0.39 is 6.09 Å². The van der Waals surface area contributed by atoms with Gasteiger partial charge in [-0.25, -0.2) is 4.79 Å². The molecule has 0 heterocycles. The fraction of sp³-hybridized carbons (Fsp3) is 0.0690. The fourth-order valence-electron chi connectivity index (χ4n) is 3.73. The molecule has 0 aliphatic heterocycles. The van der Waals surface area contributed by atoms with Crippen LogP contribution in [0.4, 0.5) is 16.2 Å². The van der Waals surface area contributed by atoms with Crippen LogP contribution in [0.2, 0.25) is 0 Å². The van der Waals surface area contributed by atoms with Crippen LogP contribution in [0, 0.1) is 0 Å². The highest BCUT2D eigenvalue weighted by molar-refractivity contribution is 5.85. The van der Waals surface area contributed by atoms with E-state index in [9.17, 15) is 4.79 Å². The van der Waals surface area contributed by atoms with E-state index in [0.717, 1.165) is 11.4 Å². The lowest BCUT2D eigenvalue weighted by atomic mass is 9.98. The molecule has 37 heavy (non-hydrogen) atoms. The second kappa shape index (κ2) is 15.6. The maximum absolute atomic E-state index is 12.1. The van der Waals surface area contributed by atoms with E-state index in [1.54, 1.807) is 0 Å². The standard InChI is InChI=1S/C21H17NO2.C6H7N.2CO2/c23-21(22-15-8-2-1-3-9-15)24-14-20-18-12-6-4-10-16(18)17-11-5-7-13-19(17)20;7-6-4-2-1-3-5-6;2*2-1-3/h1-13,20H,14H2,(H,22,23);1-5H,7H2;;. The Balaban J connectivity index is 0.000000308. The van der Waals surface area contributed by atoms with Gasteiger partial charge in [-0.2, -0.15) is 19.2 Å². The van der Waals surface area contributed by atoms with Gasteiger partial charge in [0.1, 0.15) is 6.61 Å². The monoisotopic (exact) mass is 496 g/mol. The Morgan fingerprint density at radius 2 is 1.08 bits per heavy atom. The molecule has 1 aliphatic rings. The van der Waals surface area contributed by atoms with Gasteiger partial charge in [-0.3, -0.25) is 5.32 Å². The van der Waals surface area contributed by atoms with E-state index in [0.29, 0.717) is 6.61 Å². The van der Waals surface area contributed by atoms with Crippen molar-refractivity contribution in [3.8, 4) is 11.1 Å². The van der Waals surface area contributed by atoms with Crippen molar-refractivity contribution in [2.75, 3.05) is 17.7 Å². The number of hydrogen-bond donors (Lipinski definition) is 2. The maximum atomic E-state index is 12.1. The van der Waals surface area contributed by atoms with Gasteiger partial charge < -0.3 is 10.5 Å². The summed E-state index contributed by atoms with van der Waals surface area (Å²) in [6.07, 6.45) is 0.0723. The minimum Gasteiger partial charge on any atom is -0.448 e. The van der Waals surface area contributed by atoms with Gasteiger partial charge in [0.2, 0.25) is 0 Å². The van der Waals surface area contributed by atoms with Gasteiger partial charge in [-0.05, 0) is 46.5 Å². The average Bonchev–Trinajstić information content (AvgIpc) is 3.24. The van der Waals surface area contributed by atoms with Crippen molar-refractivity contribution < 1.29 is 28.7 Å². The number of nitrogen functional groups attached to an aromatic ring is 1. The first-order chi connectivity index (χ1) is 18.0. The average molecular weight is 497 g/mol. The number of para-hydroxylation sites is 2. The first-order valence-corrected chi connectivity index (χ1v) is 11.0. The quantitative estimate of drug-likeness (QED) is 0.375. The lowest BCUT2D eigenvalue weighted by Crippen LogP contribution is -2.17. The molecule has 0 fully saturated rings. The lowest BCUT2D eigenvalue weighted by Gasteiger charge is -2.14. The van der Waals surface area contributed by atoms with E-state index >= 15 is 0 Å². The zero-order chi connectivity index (χ0) is 26.9. The normalized spacial score (nSPS) is 10.1. The number of amides is 1. The van der Waals surface area contributed by atoms with E-state index in [1.807, 2.05) is 84.9 Å². The van der Waals surface area contributed by atoms with Crippen molar-refractivity contribution in [3.63, 3.8) is 0 Å². The minimum absolute atomic E-state index is 0.0823. The van der Waals surface area contributed by atoms with Crippen LogP contribution in [0.1, 0.15) is 17.0 Å². The minimum atomic E-state index is -0.428. The molecule has 0 aromatic heterocycles. The zero-order valence-corrected chi connectivity index (χ0v) is 19.7. The highest BCUT2D eigenvalue weighted by Crippen LogP contribution is 2.44. The maximum Gasteiger partial charge on any atom is 0.411 e. The molecule has 5 rings (SSSR count). The number of anilines is 2. The number of ether oxygens (including phenoxy) is 1. The molecule has 0 saturated carbocycles. The topological polar surface area (TPSA) is 133 Å². The Morgan fingerprint density at radius 1 is 0.676 bits per heavy atom. The molecular weight excluding hydrogens is 472 g/mol. The first-order valence-electron chi connectivity index (χ1n) is 11.0. The number of hydrogen-bond acceptors (Lipinski definition) is 7. The summed E-state index contributed by atoms with van der Waals surface area (Å²) < 4.78 is 5.49. The largest absolute Gasteiger partial charge is 0.448 e. The van der Waals surface area contributed by atoms with Crippen molar-refractivity contribution in [1.82, 2.24) is 0 Å². The Bertz CT molecular complexity index is 1270. The molecule has 0 atom stereocenters. The summed E-state index contributed by atoms with van der Waals surface area (Å²) in [5, 5.41) is 2.75. The van der Waals surface area contributed by atoms with E-state index in [1.165, 1.54) is 22.3 Å². The van der Waals surface area contributed by atoms with Crippen molar-refractivity contribution >= 4 is 29.8 Å². The summed E-state index contributed by atoms with van der Waals surface area (Å²) in [4.78, 5) is 44.6. The van der Waals surface area contributed by atoms with Gasteiger partial charge in [-0.15, -0.1) is 0 Å². The van der Waals surface area contributed by atoms with Crippen molar-refractivity contribution in [2.45, 2.75) is 5.92 Å². The Labute approximate surface area is 213 Å². The SMILES string of the molecule is Nc1ccccc1.O=C(Nc1ccccc1)OCC1c2ccccc2-c2ccccc21.O=C=O.O=C=O. The van der Waals surface area contributed by atoms with E-state index in [2.05, 4.69) is 29.6 Å². The molecule has 1 aliphatic carbocycles. The smallest absolute Gasteiger partial charge is 0.411 e. The second-order valence-corrected chi connectivity index (χ2v) is 7.39. The molecule has 4 aromatic carbocycles. The number of nitrogens with two attached hydrogens (primary N) is 1. The Morgan fingerprint density at radius 3 is 1.51 bits per heavy atom. The summed E-state index contributed by atoms with van der Waals surface area (Å²) in [7, 11) is 0. The number of fused-ring (bicyclic) bond motifs is 3. The highest BCUT2D eigenvalue weighted by Gasteiger charge is 2.28. The van der Waals surface area contributed by atoms with Gasteiger partial charge in [0.25, 0.3) is 0 Å². The number of nitrogens with one attached hydrogen (secondary N) is 1. The predicted molar refractivity (Wildman–Crippen MR) is 136 cm³/mol. The van der Waals surface area contributed by atoms with Crippen LogP contribution in [-0.2, 0) is 23.9 Å². The molecule has 186 valence electrons. The molecule has 0 spiro atoms. The molecule has 0 saturated heterocycles. The summed E-state index contributed by atoms with van der Waals surface area (Å²) in [6.45, 7) is 0.326. The molecule has 1 amide bonds. The van der Waals surface area contributed by atoms with Crippen molar-refractivity contribution in [2.24, 2.45) is 0 Å². The molecule has 3 N–H and O–H groups in total. The van der Waals surface area contributed by atoms with Crippen LogP contribution in [-0.4, -0.2) is 25.0 Å². The Hall–Kier alpha value is -5.29. The molecule has 4 aromatic rings. The van der Waals surface area contributed by atoms with Gasteiger partial charge in [-0.1, -0.05) is 84.9 Å². The van der Waals surface area contributed by atoms with Gasteiger partial charge in [0, 0.05) is 17.3 Å². The number of carbonyl (C=O) groups is 1. The summed E-state index contributed by atoms with van der Waals surface area (Å²) in [6, 6.07) is 35.4. The zero-order valence-electron chi connectivity index (χ0n) is 19.7. The summed E-state index contributed by atoms with van der Waals surface area (Å²) >= 11 is 0. The summed E-state index contributed by atoms with van der Waals surface area (Å²) in [5.41, 5.74) is 11.8. The first kappa shape index (κ1) is 28.0. The van der Waals surface area contributed by atoms with Crippen LogP contribution < -0.4 is 11.1 Å². The van der Waals surface area contributed by atoms with Crippen LogP contribution in [0.3, 0.4) is 0 Å². The van der Waals surface area contributed by atoms with Crippen LogP contribution in [0.5, 0.6) is 0 Å². The molecule has 0 unspecified atom stereocenters. The number of carbonyl (C=O) groups excluding carboxylic acids is 5. The van der Waals surface area contributed by atoms with Crippen LogP contribution >= 0.6 is 0 Å². The third-order valence-electron chi connectivity index (χ3n) is 5.16. The molecule has 8 nitrogen and oxygen atoms in total. The van der Waals surface area contributed by atoms with Gasteiger partial charge in [0.05, 0.1) is 0 Å². The van der Waals surface area contributed by atoms with Crippen molar-refractivity contribution in [3.05, 3.63) is 120 Å². The second-order valence-electron chi connectivity index (χ2n) is 7.39. The molecular formula is C29H24N2O6. The highest BCUT2D eigenvalue weighted by atomic mass is 16.5. The molecule has 8 heteroatoms. The Kier molecular flexibility index (Phi) is 11.8. The van der Waals surface area contributed by atoms with Crippen LogP contribution in [0.25, 0.3) is 11.1 Å². The van der Waals surface area contributed by atoms with E-state index in [-0.39, 0.29) is 18.2 Å². The predicted octanol–water partition coefficient (Wildman–Crippen LogP) is 5.15. The lowest BCUT2D eigenvalue weighted by molar-refractivity contribution is -0.193. The van der Waals surface area contributed by atoms with Gasteiger partial charge >= 0.3 is 18.4 Å². The van der Waals surface area contributed by atoms with E-state index in [4.69, 9.17) is 29.6 Å². The fourth-order valence-corrected chi connectivity index (χ4v) is 3.73. The number of benzene rings is 4. The summed E-state index contributed by atoms with van der Waals surface area (Å²) in [5.74, 6) is 0.0823. The van der Waals surface area contributed by atoms with Crippen LogP contribution in [0.15, 0.2) is 109 Å². The third-order valence-corrected chi connectivity index (χ3v) is 5.16. The molecule has 0 bridgehead atoms. The van der Waals surface area contributed by atoms with Crippen molar-refractivity contribution in [1.29, 1.82) is 0 Å².